The van der Waals surface area contributed by atoms with Gasteiger partial charge in [0.2, 0.25) is 5.91 Å². The van der Waals surface area contributed by atoms with E-state index in [-0.39, 0.29) is 11.9 Å². The third kappa shape index (κ3) is 3.76. The smallest absolute Gasteiger partial charge is 0.245 e. The van der Waals surface area contributed by atoms with Gasteiger partial charge in [-0.15, -0.1) is 0 Å². The number of likely N-dealkylation sites (N-methyl/N-ethyl adjacent to an activating group) is 1. The highest BCUT2D eigenvalue weighted by molar-refractivity contribution is 7.98. The summed E-state index contributed by atoms with van der Waals surface area (Å²) in [5.74, 6) is 1.29. The van der Waals surface area contributed by atoms with Gasteiger partial charge >= 0.3 is 0 Å². The summed E-state index contributed by atoms with van der Waals surface area (Å²) in [5, 5.41) is 0. The molecule has 1 aromatic heterocycles. The van der Waals surface area contributed by atoms with Crippen molar-refractivity contribution < 1.29 is 4.79 Å². The molecular formula is C14H23N3OS. The van der Waals surface area contributed by atoms with Crippen LogP contribution in [-0.2, 0) is 4.79 Å². The molecule has 0 aromatic carbocycles. The average molecular weight is 281 g/mol. The topological polar surface area (TPSA) is 28.5 Å². The summed E-state index contributed by atoms with van der Waals surface area (Å²) in [6.45, 7) is 3.66. The van der Waals surface area contributed by atoms with E-state index in [4.69, 9.17) is 0 Å². The fourth-order valence-electron chi connectivity index (χ4n) is 2.42. The minimum atomic E-state index is -0.0362. The Kier molecular flexibility index (Phi) is 5.34. The van der Waals surface area contributed by atoms with Crippen LogP contribution in [0.5, 0.6) is 0 Å². The average Bonchev–Trinajstić information content (AvgIpc) is 2.94. The highest BCUT2D eigenvalue weighted by Crippen LogP contribution is 2.18. The number of hydrogen-bond acceptors (Lipinski definition) is 3. The molecule has 1 fully saturated rings. The molecule has 0 bridgehead atoms. The van der Waals surface area contributed by atoms with Crippen molar-refractivity contribution in [3.05, 3.63) is 24.5 Å². The first-order valence-corrected chi connectivity index (χ1v) is 8.20. The van der Waals surface area contributed by atoms with Crippen LogP contribution in [-0.4, -0.2) is 65.5 Å². The summed E-state index contributed by atoms with van der Waals surface area (Å²) in [5.41, 5.74) is 0. The molecule has 4 nitrogen and oxygen atoms in total. The second-order valence-electron chi connectivity index (χ2n) is 5.06. The SMILES string of the molecule is CSCCC(C(=O)N1CCN(C)CC1)n1cccc1. The van der Waals surface area contributed by atoms with Crippen molar-refractivity contribution in [1.82, 2.24) is 14.4 Å². The van der Waals surface area contributed by atoms with Gasteiger partial charge in [0.05, 0.1) is 0 Å². The fraction of sp³-hybridized carbons (Fsp3) is 0.643. The third-order valence-corrected chi connectivity index (χ3v) is 4.33. The molecule has 19 heavy (non-hydrogen) atoms. The van der Waals surface area contributed by atoms with E-state index >= 15 is 0 Å². The molecule has 5 heteroatoms. The molecule has 0 saturated carbocycles. The van der Waals surface area contributed by atoms with Crippen molar-refractivity contribution in [1.29, 1.82) is 0 Å². The Morgan fingerprint density at radius 2 is 1.84 bits per heavy atom. The number of aromatic nitrogens is 1. The van der Waals surface area contributed by atoms with Gasteiger partial charge in [0, 0.05) is 38.6 Å². The summed E-state index contributed by atoms with van der Waals surface area (Å²) < 4.78 is 2.05. The standard InChI is InChI=1S/C14H23N3OS/c1-15-8-10-17(11-9-15)14(18)13(5-12-19-2)16-6-3-4-7-16/h3-4,6-7,13H,5,8-12H2,1-2H3. The highest BCUT2D eigenvalue weighted by atomic mass is 32.2. The van der Waals surface area contributed by atoms with Crippen LogP contribution in [0, 0.1) is 0 Å². The summed E-state index contributed by atoms with van der Waals surface area (Å²) in [6.07, 6.45) is 6.99. The molecule has 2 heterocycles. The maximum atomic E-state index is 12.7. The molecule has 1 aliphatic rings. The van der Waals surface area contributed by atoms with E-state index in [0.29, 0.717) is 0 Å². The van der Waals surface area contributed by atoms with E-state index in [1.54, 1.807) is 11.8 Å². The van der Waals surface area contributed by atoms with Crippen LogP contribution in [0.2, 0.25) is 0 Å². The van der Waals surface area contributed by atoms with Crippen LogP contribution in [0.4, 0.5) is 0 Å². The predicted molar refractivity (Wildman–Crippen MR) is 80.5 cm³/mol. The Labute approximate surface area is 119 Å². The first kappa shape index (κ1) is 14.5. The second kappa shape index (κ2) is 7.01. The van der Waals surface area contributed by atoms with E-state index in [9.17, 15) is 4.79 Å². The highest BCUT2D eigenvalue weighted by Gasteiger charge is 2.26. The summed E-state index contributed by atoms with van der Waals surface area (Å²) in [6, 6.07) is 3.94. The number of thioether (sulfide) groups is 1. The van der Waals surface area contributed by atoms with E-state index in [1.165, 1.54) is 0 Å². The van der Waals surface area contributed by atoms with E-state index in [1.807, 2.05) is 29.4 Å². The number of amides is 1. The number of carbonyl (C=O) groups excluding carboxylic acids is 1. The number of nitrogens with zero attached hydrogens (tertiary/aromatic N) is 3. The van der Waals surface area contributed by atoms with Gasteiger partial charge in [-0.1, -0.05) is 0 Å². The Morgan fingerprint density at radius 1 is 1.21 bits per heavy atom. The van der Waals surface area contributed by atoms with Crippen LogP contribution in [0.25, 0.3) is 0 Å². The molecule has 1 aromatic rings. The lowest BCUT2D eigenvalue weighted by Gasteiger charge is -2.35. The number of piperazine rings is 1. The Morgan fingerprint density at radius 3 is 2.42 bits per heavy atom. The van der Waals surface area contributed by atoms with Crippen LogP contribution in [0.1, 0.15) is 12.5 Å². The first-order valence-electron chi connectivity index (χ1n) is 6.81. The van der Waals surface area contributed by atoms with Crippen LogP contribution in [0.15, 0.2) is 24.5 Å². The molecule has 0 spiro atoms. The molecule has 106 valence electrons. The van der Waals surface area contributed by atoms with Gasteiger partial charge < -0.3 is 14.4 Å². The number of hydrogen-bond donors (Lipinski definition) is 0. The maximum absolute atomic E-state index is 12.7. The monoisotopic (exact) mass is 281 g/mol. The first-order chi connectivity index (χ1) is 9.22. The molecule has 1 aliphatic heterocycles. The quantitative estimate of drug-likeness (QED) is 0.820. The minimum Gasteiger partial charge on any atom is -0.342 e. The van der Waals surface area contributed by atoms with E-state index < -0.39 is 0 Å². The zero-order valence-corrected chi connectivity index (χ0v) is 12.6. The largest absolute Gasteiger partial charge is 0.342 e. The Bertz CT molecular complexity index is 385. The minimum absolute atomic E-state index is 0.0362. The summed E-state index contributed by atoms with van der Waals surface area (Å²) in [4.78, 5) is 17.0. The van der Waals surface area contributed by atoms with Gasteiger partial charge in [-0.2, -0.15) is 11.8 Å². The predicted octanol–water partition coefficient (Wildman–Crippen LogP) is 1.56. The Hall–Kier alpha value is -0.940. The lowest BCUT2D eigenvalue weighted by Crippen LogP contribution is -2.49. The van der Waals surface area contributed by atoms with Gasteiger partial charge in [0.15, 0.2) is 0 Å². The van der Waals surface area contributed by atoms with Crippen molar-refractivity contribution in [2.45, 2.75) is 12.5 Å². The molecule has 0 radical (unpaired) electrons. The molecule has 1 unspecified atom stereocenters. The zero-order chi connectivity index (χ0) is 13.7. The molecule has 0 N–H and O–H groups in total. The normalized spacial score (nSPS) is 18.5. The van der Waals surface area contributed by atoms with Crippen molar-refractivity contribution >= 4 is 17.7 Å². The second-order valence-corrected chi connectivity index (χ2v) is 6.04. The summed E-state index contributed by atoms with van der Waals surface area (Å²) in [7, 11) is 2.11. The zero-order valence-electron chi connectivity index (χ0n) is 11.8. The molecular weight excluding hydrogens is 258 g/mol. The number of rotatable bonds is 5. The van der Waals surface area contributed by atoms with E-state index in [2.05, 4.69) is 22.8 Å². The van der Waals surface area contributed by atoms with Gasteiger partial charge in [-0.25, -0.2) is 0 Å². The van der Waals surface area contributed by atoms with Gasteiger partial charge in [-0.05, 0) is 37.6 Å². The van der Waals surface area contributed by atoms with Crippen LogP contribution in [0.3, 0.4) is 0 Å². The van der Waals surface area contributed by atoms with Crippen molar-refractivity contribution in [3.63, 3.8) is 0 Å². The molecule has 1 amide bonds. The van der Waals surface area contributed by atoms with Gasteiger partial charge in [-0.3, -0.25) is 4.79 Å². The maximum Gasteiger partial charge on any atom is 0.245 e. The lowest BCUT2D eigenvalue weighted by atomic mass is 10.1. The van der Waals surface area contributed by atoms with Crippen molar-refractivity contribution in [2.24, 2.45) is 0 Å². The van der Waals surface area contributed by atoms with Gasteiger partial charge in [0.25, 0.3) is 0 Å². The Balaban J connectivity index is 2.03. The van der Waals surface area contributed by atoms with E-state index in [0.717, 1.165) is 38.4 Å². The van der Waals surface area contributed by atoms with Gasteiger partial charge in [0.1, 0.15) is 6.04 Å². The van der Waals surface area contributed by atoms with Crippen LogP contribution >= 0.6 is 11.8 Å². The molecule has 1 saturated heterocycles. The van der Waals surface area contributed by atoms with Crippen molar-refractivity contribution in [2.75, 3.05) is 45.2 Å². The molecule has 2 rings (SSSR count). The summed E-state index contributed by atoms with van der Waals surface area (Å²) >= 11 is 1.80. The van der Waals surface area contributed by atoms with Crippen LogP contribution < -0.4 is 0 Å². The third-order valence-electron chi connectivity index (χ3n) is 3.68. The fourth-order valence-corrected chi connectivity index (χ4v) is 2.88. The van der Waals surface area contributed by atoms with Crippen molar-refractivity contribution in [3.8, 4) is 0 Å². The number of carbonyl (C=O) groups is 1. The molecule has 0 aliphatic carbocycles. The molecule has 1 atom stereocenters. The lowest BCUT2D eigenvalue weighted by molar-refractivity contribution is -0.136.